The number of imidazole rings is 1. The number of amides is 1. The minimum Gasteiger partial charge on any atom is -0.359 e. The Balaban J connectivity index is 2.07. The lowest BCUT2D eigenvalue weighted by molar-refractivity contribution is -0.119. The van der Waals surface area contributed by atoms with E-state index in [0.29, 0.717) is 6.42 Å². The molecule has 1 aromatic carbocycles. The van der Waals surface area contributed by atoms with Crippen molar-refractivity contribution in [1.29, 1.82) is 0 Å². The maximum Gasteiger partial charge on any atom is 0.224 e. The van der Waals surface area contributed by atoms with Crippen molar-refractivity contribution >= 4 is 16.8 Å². The number of H-pyrrole nitrogens is 1. The molecule has 22 heavy (non-hydrogen) atoms. The molecule has 2 aromatic heterocycles. The van der Waals surface area contributed by atoms with E-state index < -0.39 is 0 Å². The van der Waals surface area contributed by atoms with Gasteiger partial charge in [0.05, 0.1) is 24.0 Å². The monoisotopic (exact) mass is 294 g/mol. The number of carbonyl (C=O) groups is 1. The number of carbonyl (C=O) groups excluding carboxylic acids is 1. The molecule has 1 amide bonds. The summed E-state index contributed by atoms with van der Waals surface area (Å²) in [6, 6.07) is 7.99. The molecular weight excluding hydrogens is 276 g/mol. The fourth-order valence-corrected chi connectivity index (χ4v) is 2.56. The second-order valence-electron chi connectivity index (χ2n) is 5.40. The van der Waals surface area contributed by atoms with Crippen molar-refractivity contribution in [2.75, 3.05) is 7.05 Å². The molecule has 3 aromatic rings. The van der Waals surface area contributed by atoms with E-state index in [4.69, 9.17) is 4.98 Å². The van der Waals surface area contributed by atoms with E-state index in [9.17, 15) is 4.79 Å². The fraction of sp³-hybridized carbons (Fsp3) is 0.235. The van der Waals surface area contributed by atoms with Crippen molar-refractivity contribution < 1.29 is 4.79 Å². The Hall–Kier alpha value is -2.69. The van der Waals surface area contributed by atoms with Crippen molar-refractivity contribution in [2.24, 2.45) is 0 Å². The number of aromatic amines is 1. The molecule has 2 N–H and O–H groups in total. The van der Waals surface area contributed by atoms with Gasteiger partial charge in [0.1, 0.15) is 5.69 Å². The summed E-state index contributed by atoms with van der Waals surface area (Å²) in [6.45, 7) is 4.04. The first kappa shape index (κ1) is 14.3. The highest BCUT2D eigenvalue weighted by molar-refractivity contribution is 5.87. The van der Waals surface area contributed by atoms with Crippen molar-refractivity contribution in [2.45, 2.75) is 20.3 Å². The molecule has 2 heterocycles. The molecule has 5 nitrogen and oxygen atoms in total. The van der Waals surface area contributed by atoms with Gasteiger partial charge in [0.15, 0.2) is 0 Å². The Bertz CT molecular complexity index is 851. The van der Waals surface area contributed by atoms with E-state index in [-0.39, 0.29) is 5.91 Å². The number of fused-ring (bicyclic) bond motifs is 1. The highest BCUT2D eigenvalue weighted by Crippen LogP contribution is 2.25. The zero-order valence-corrected chi connectivity index (χ0v) is 12.9. The summed E-state index contributed by atoms with van der Waals surface area (Å²) in [7, 11) is 1.65. The number of benzene rings is 1. The largest absolute Gasteiger partial charge is 0.359 e. The maximum absolute atomic E-state index is 11.5. The number of likely N-dealkylation sites (N-methyl/N-ethyl adjacent to an activating group) is 1. The third-order valence-electron chi connectivity index (χ3n) is 3.80. The van der Waals surface area contributed by atoms with E-state index in [2.05, 4.69) is 22.2 Å². The normalized spacial score (nSPS) is 10.9. The van der Waals surface area contributed by atoms with Crippen molar-refractivity contribution in [3.05, 3.63) is 47.4 Å². The minimum absolute atomic E-state index is 0.00808. The number of hydrogen-bond donors (Lipinski definition) is 2. The van der Waals surface area contributed by atoms with Crippen molar-refractivity contribution in [3.8, 4) is 11.4 Å². The average molecular weight is 294 g/mol. The number of nitrogens with zero attached hydrogens (tertiary/aromatic N) is 2. The van der Waals surface area contributed by atoms with Crippen LogP contribution in [0.25, 0.3) is 22.3 Å². The molecule has 3 rings (SSSR count). The number of hydrogen-bond acceptors (Lipinski definition) is 3. The van der Waals surface area contributed by atoms with Gasteiger partial charge < -0.3 is 10.3 Å². The molecule has 5 heteroatoms. The van der Waals surface area contributed by atoms with Crippen LogP contribution in [0.2, 0.25) is 0 Å². The van der Waals surface area contributed by atoms with Crippen LogP contribution in [0.3, 0.4) is 0 Å². The van der Waals surface area contributed by atoms with Crippen LogP contribution < -0.4 is 5.32 Å². The van der Waals surface area contributed by atoms with E-state index in [1.165, 1.54) is 0 Å². The molecule has 0 fully saturated rings. The molecule has 0 saturated heterocycles. The summed E-state index contributed by atoms with van der Waals surface area (Å²) >= 11 is 0. The van der Waals surface area contributed by atoms with Crippen LogP contribution in [0.4, 0.5) is 0 Å². The van der Waals surface area contributed by atoms with Crippen LogP contribution >= 0.6 is 0 Å². The Kier molecular flexibility index (Phi) is 3.63. The highest BCUT2D eigenvalue weighted by Gasteiger charge is 2.10. The predicted molar refractivity (Wildman–Crippen MR) is 86.6 cm³/mol. The molecule has 0 spiro atoms. The summed E-state index contributed by atoms with van der Waals surface area (Å²) in [5.74, 6) is 0.00808. The van der Waals surface area contributed by atoms with Crippen LogP contribution in [-0.2, 0) is 11.2 Å². The Morgan fingerprint density at radius 3 is 2.77 bits per heavy atom. The van der Waals surface area contributed by atoms with Gasteiger partial charge in [-0.1, -0.05) is 6.07 Å². The summed E-state index contributed by atoms with van der Waals surface area (Å²) in [5.41, 5.74) is 5.77. The van der Waals surface area contributed by atoms with Gasteiger partial charge >= 0.3 is 0 Å². The zero-order chi connectivity index (χ0) is 15.7. The third-order valence-corrected chi connectivity index (χ3v) is 3.80. The topological polar surface area (TPSA) is 70.7 Å². The van der Waals surface area contributed by atoms with Gasteiger partial charge in [-0.25, -0.2) is 9.97 Å². The molecule has 0 aliphatic heterocycles. The van der Waals surface area contributed by atoms with Gasteiger partial charge in [0, 0.05) is 18.1 Å². The number of rotatable bonds is 3. The Morgan fingerprint density at radius 1 is 1.27 bits per heavy atom. The molecule has 0 atom stereocenters. The zero-order valence-electron chi connectivity index (χ0n) is 12.9. The van der Waals surface area contributed by atoms with E-state index in [1.807, 2.05) is 31.2 Å². The summed E-state index contributed by atoms with van der Waals surface area (Å²) < 4.78 is 0. The quantitative estimate of drug-likeness (QED) is 0.780. The van der Waals surface area contributed by atoms with Crippen molar-refractivity contribution in [1.82, 2.24) is 20.3 Å². The number of nitrogens with one attached hydrogen (secondary N) is 2. The van der Waals surface area contributed by atoms with Gasteiger partial charge in [-0.05, 0) is 43.2 Å². The molecular formula is C17H18N4O. The van der Waals surface area contributed by atoms with Gasteiger partial charge in [0.2, 0.25) is 5.91 Å². The minimum atomic E-state index is 0.00808. The van der Waals surface area contributed by atoms with Crippen LogP contribution in [0, 0.1) is 13.8 Å². The van der Waals surface area contributed by atoms with Gasteiger partial charge in [0.25, 0.3) is 0 Å². The van der Waals surface area contributed by atoms with Gasteiger partial charge in [-0.3, -0.25) is 4.79 Å². The Labute approximate surface area is 128 Å². The molecule has 0 aliphatic rings. The predicted octanol–water partition coefficient (Wildman–Crippen LogP) is 2.53. The van der Waals surface area contributed by atoms with Crippen LogP contribution in [-0.4, -0.2) is 27.9 Å². The van der Waals surface area contributed by atoms with Crippen LogP contribution in [0.5, 0.6) is 0 Å². The number of aryl methyl sites for hydroxylation is 2. The van der Waals surface area contributed by atoms with Crippen molar-refractivity contribution in [3.63, 3.8) is 0 Å². The average Bonchev–Trinajstić information content (AvgIpc) is 2.93. The molecule has 0 saturated carbocycles. The van der Waals surface area contributed by atoms with Gasteiger partial charge in [-0.2, -0.15) is 0 Å². The second-order valence-corrected chi connectivity index (χ2v) is 5.40. The summed E-state index contributed by atoms with van der Waals surface area (Å²) in [4.78, 5) is 23.6. The standard InChI is InChI=1S/C17H18N4O/c1-10-6-15(17-11(2)19-9-20-17)21-14-5-4-12(7-13(10)14)8-16(22)18-3/h4-7,9H,8H2,1-3H3,(H,18,22)(H,19,20). The lowest BCUT2D eigenvalue weighted by atomic mass is 10.0. The molecule has 0 radical (unpaired) electrons. The lowest BCUT2D eigenvalue weighted by Gasteiger charge is -2.08. The first-order valence-corrected chi connectivity index (χ1v) is 7.19. The molecule has 0 unspecified atom stereocenters. The second kappa shape index (κ2) is 5.60. The van der Waals surface area contributed by atoms with Crippen LogP contribution in [0.15, 0.2) is 30.6 Å². The summed E-state index contributed by atoms with van der Waals surface area (Å²) in [6.07, 6.45) is 2.06. The van der Waals surface area contributed by atoms with E-state index >= 15 is 0 Å². The maximum atomic E-state index is 11.5. The Morgan fingerprint density at radius 2 is 2.09 bits per heavy atom. The van der Waals surface area contributed by atoms with E-state index in [0.717, 1.165) is 39.1 Å². The fourth-order valence-electron chi connectivity index (χ4n) is 2.56. The first-order chi connectivity index (χ1) is 10.6. The van der Waals surface area contributed by atoms with Gasteiger partial charge in [-0.15, -0.1) is 0 Å². The SMILES string of the molecule is CNC(=O)Cc1ccc2nc(-c3nc[nH]c3C)cc(C)c2c1. The molecule has 0 aliphatic carbocycles. The third kappa shape index (κ3) is 2.57. The first-order valence-electron chi connectivity index (χ1n) is 7.19. The molecule has 112 valence electrons. The number of aromatic nitrogens is 3. The highest BCUT2D eigenvalue weighted by atomic mass is 16.1. The smallest absolute Gasteiger partial charge is 0.224 e. The molecule has 0 bridgehead atoms. The lowest BCUT2D eigenvalue weighted by Crippen LogP contribution is -2.19. The van der Waals surface area contributed by atoms with Crippen LogP contribution in [0.1, 0.15) is 16.8 Å². The number of pyridine rings is 1. The summed E-state index contributed by atoms with van der Waals surface area (Å²) in [5, 5.41) is 3.71. The van der Waals surface area contributed by atoms with E-state index in [1.54, 1.807) is 13.4 Å².